The Labute approximate surface area is 110 Å². The van der Waals surface area contributed by atoms with Crippen LogP contribution in [0, 0.1) is 11.6 Å². The van der Waals surface area contributed by atoms with E-state index in [9.17, 15) is 8.78 Å². The molecule has 6 heteroatoms. The minimum atomic E-state index is -0.662. The Kier molecular flexibility index (Phi) is 6.21. The molecule has 3 nitrogen and oxygen atoms in total. The standard InChI is InChI=1S/C12H15F2N3S/c1-2-3-6-15-12(18)17-16-8-9-4-5-10(13)7-11(9)14/h4-5,7-8H,2-3,6H2,1H3,(H2,15,17,18). The Morgan fingerprint density at radius 2 is 2.22 bits per heavy atom. The molecule has 0 heterocycles. The van der Waals surface area contributed by atoms with E-state index < -0.39 is 11.6 Å². The van der Waals surface area contributed by atoms with E-state index in [1.165, 1.54) is 18.3 Å². The number of thiocarbonyl (C=S) groups is 1. The van der Waals surface area contributed by atoms with E-state index in [1.54, 1.807) is 0 Å². The second-order valence-corrected chi connectivity index (χ2v) is 4.05. The van der Waals surface area contributed by atoms with Crippen LogP contribution in [-0.4, -0.2) is 17.9 Å². The first kappa shape index (κ1) is 14.5. The fourth-order valence-corrected chi connectivity index (χ4v) is 1.34. The van der Waals surface area contributed by atoms with Crippen molar-refractivity contribution in [3.8, 4) is 0 Å². The summed E-state index contributed by atoms with van der Waals surface area (Å²) in [5.41, 5.74) is 2.76. The lowest BCUT2D eigenvalue weighted by Gasteiger charge is -2.05. The SMILES string of the molecule is CCCCNC(=S)NN=Cc1ccc(F)cc1F. The van der Waals surface area contributed by atoms with E-state index in [0.29, 0.717) is 5.11 Å². The second kappa shape index (κ2) is 7.71. The fraction of sp³-hybridized carbons (Fsp3) is 0.333. The van der Waals surface area contributed by atoms with Crippen LogP contribution < -0.4 is 10.7 Å². The van der Waals surface area contributed by atoms with Gasteiger partial charge in [-0.05, 0) is 30.8 Å². The molecule has 0 aliphatic rings. The molecule has 2 N–H and O–H groups in total. The Morgan fingerprint density at radius 1 is 1.44 bits per heavy atom. The maximum atomic E-state index is 13.2. The Morgan fingerprint density at radius 3 is 2.89 bits per heavy atom. The number of nitrogens with zero attached hydrogens (tertiary/aromatic N) is 1. The molecular weight excluding hydrogens is 256 g/mol. The smallest absolute Gasteiger partial charge is 0.186 e. The summed E-state index contributed by atoms with van der Waals surface area (Å²) in [6, 6.07) is 3.28. The second-order valence-electron chi connectivity index (χ2n) is 3.65. The summed E-state index contributed by atoms with van der Waals surface area (Å²) in [5.74, 6) is -1.28. The summed E-state index contributed by atoms with van der Waals surface area (Å²) < 4.78 is 25.9. The minimum absolute atomic E-state index is 0.195. The van der Waals surface area contributed by atoms with Crippen LogP contribution in [0.3, 0.4) is 0 Å². The zero-order valence-electron chi connectivity index (χ0n) is 10.0. The van der Waals surface area contributed by atoms with Crippen molar-refractivity contribution in [3.63, 3.8) is 0 Å². The van der Waals surface area contributed by atoms with Crippen LogP contribution >= 0.6 is 12.2 Å². The van der Waals surface area contributed by atoms with Crippen molar-refractivity contribution in [2.24, 2.45) is 5.10 Å². The molecule has 1 aromatic rings. The Bertz CT molecular complexity index is 435. The highest BCUT2D eigenvalue weighted by Gasteiger charge is 2.00. The molecule has 0 bridgehead atoms. The quantitative estimate of drug-likeness (QED) is 0.374. The molecule has 0 fully saturated rings. The number of halogens is 2. The average Bonchev–Trinajstić information content (AvgIpc) is 2.32. The topological polar surface area (TPSA) is 36.4 Å². The molecule has 0 amide bonds. The van der Waals surface area contributed by atoms with Crippen molar-refractivity contribution in [1.82, 2.24) is 10.7 Å². The van der Waals surface area contributed by atoms with Crippen LogP contribution in [0.15, 0.2) is 23.3 Å². The van der Waals surface area contributed by atoms with Gasteiger partial charge >= 0.3 is 0 Å². The summed E-state index contributed by atoms with van der Waals surface area (Å²) in [6.07, 6.45) is 3.33. The van der Waals surface area contributed by atoms with Gasteiger partial charge in [0.05, 0.1) is 6.21 Å². The van der Waals surface area contributed by atoms with E-state index in [0.717, 1.165) is 25.5 Å². The van der Waals surface area contributed by atoms with Gasteiger partial charge in [-0.2, -0.15) is 5.10 Å². The summed E-state index contributed by atoms with van der Waals surface area (Å²) >= 11 is 4.95. The van der Waals surface area contributed by atoms with Gasteiger partial charge < -0.3 is 5.32 Å². The van der Waals surface area contributed by atoms with Gasteiger partial charge in [-0.1, -0.05) is 13.3 Å². The maximum absolute atomic E-state index is 13.2. The number of rotatable bonds is 5. The predicted molar refractivity (Wildman–Crippen MR) is 72.6 cm³/mol. The van der Waals surface area contributed by atoms with Crippen LogP contribution in [0.25, 0.3) is 0 Å². The third-order valence-electron chi connectivity index (χ3n) is 2.15. The van der Waals surface area contributed by atoms with Crippen molar-refractivity contribution in [1.29, 1.82) is 0 Å². The molecule has 0 unspecified atom stereocenters. The highest BCUT2D eigenvalue weighted by atomic mass is 32.1. The van der Waals surface area contributed by atoms with Crippen molar-refractivity contribution < 1.29 is 8.78 Å². The molecular formula is C12H15F2N3S. The van der Waals surface area contributed by atoms with Crippen molar-refractivity contribution in [2.45, 2.75) is 19.8 Å². The minimum Gasteiger partial charge on any atom is -0.361 e. The monoisotopic (exact) mass is 271 g/mol. The zero-order valence-corrected chi connectivity index (χ0v) is 10.9. The molecule has 1 rings (SSSR count). The molecule has 0 atom stereocenters. The summed E-state index contributed by atoms with van der Waals surface area (Å²) in [7, 11) is 0. The van der Waals surface area contributed by atoms with Gasteiger partial charge in [0.15, 0.2) is 5.11 Å². The summed E-state index contributed by atoms with van der Waals surface area (Å²) in [4.78, 5) is 0. The van der Waals surface area contributed by atoms with Gasteiger partial charge in [-0.25, -0.2) is 8.78 Å². The van der Waals surface area contributed by atoms with Gasteiger partial charge in [0.2, 0.25) is 0 Å². The van der Waals surface area contributed by atoms with Crippen molar-refractivity contribution >= 4 is 23.5 Å². The number of hydrogen-bond acceptors (Lipinski definition) is 2. The van der Waals surface area contributed by atoms with E-state index in [1.807, 2.05) is 0 Å². The molecule has 0 spiro atoms. The first-order chi connectivity index (χ1) is 8.63. The first-order valence-corrected chi connectivity index (χ1v) is 6.06. The predicted octanol–water partition coefficient (Wildman–Crippen LogP) is 2.56. The molecule has 1 aromatic carbocycles. The fourth-order valence-electron chi connectivity index (χ4n) is 1.18. The molecule has 18 heavy (non-hydrogen) atoms. The van der Waals surface area contributed by atoms with Crippen LogP contribution in [0.4, 0.5) is 8.78 Å². The van der Waals surface area contributed by atoms with E-state index in [-0.39, 0.29) is 5.56 Å². The summed E-state index contributed by atoms with van der Waals surface area (Å²) in [6.45, 7) is 2.84. The van der Waals surface area contributed by atoms with E-state index in [4.69, 9.17) is 12.2 Å². The van der Waals surface area contributed by atoms with Crippen LogP contribution in [0.1, 0.15) is 25.3 Å². The van der Waals surface area contributed by atoms with Gasteiger partial charge in [-0.3, -0.25) is 5.43 Å². The third-order valence-corrected chi connectivity index (χ3v) is 2.38. The highest BCUT2D eigenvalue weighted by Crippen LogP contribution is 2.06. The van der Waals surface area contributed by atoms with Crippen molar-refractivity contribution in [3.05, 3.63) is 35.4 Å². The molecule has 0 aliphatic heterocycles. The average molecular weight is 271 g/mol. The normalized spacial score (nSPS) is 10.6. The van der Waals surface area contributed by atoms with E-state index in [2.05, 4.69) is 22.8 Å². The van der Waals surface area contributed by atoms with Crippen LogP contribution in [-0.2, 0) is 0 Å². The molecule has 0 saturated heterocycles. The first-order valence-electron chi connectivity index (χ1n) is 5.65. The molecule has 0 aromatic heterocycles. The number of hydrazone groups is 1. The lowest BCUT2D eigenvalue weighted by molar-refractivity contribution is 0.582. The molecule has 98 valence electrons. The number of nitrogens with one attached hydrogen (secondary N) is 2. The Hall–Kier alpha value is -1.56. The molecule has 0 radical (unpaired) electrons. The van der Waals surface area contributed by atoms with Crippen LogP contribution in [0.2, 0.25) is 0 Å². The number of benzene rings is 1. The lowest BCUT2D eigenvalue weighted by Crippen LogP contribution is -2.32. The zero-order chi connectivity index (χ0) is 13.4. The molecule has 0 saturated carbocycles. The van der Waals surface area contributed by atoms with E-state index >= 15 is 0 Å². The van der Waals surface area contributed by atoms with Crippen molar-refractivity contribution in [2.75, 3.05) is 6.54 Å². The van der Waals surface area contributed by atoms with Gasteiger partial charge in [0.25, 0.3) is 0 Å². The van der Waals surface area contributed by atoms with Gasteiger partial charge in [0, 0.05) is 18.2 Å². The molecule has 0 aliphatic carbocycles. The maximum Gasteiger partial charge on any atom is 0.186 e. The number of unbranched alkanes of at least 4 members (excludes halogenated alkanes) is 1. The largest absolute Gasteiger partial charge is 0.361 e. The summed E-state index contributed by atoms with van der Waals surface area (Å²) in [5, 5.41) is 7.09. The van der Waals surface area contributed by atoms with Crippen LogP contribution in [0.5, 0.6) is 0 Å². The third kappa shape index (κ3) is 5.18. The lowest BCUT2D eigenvalue weighted by atomic mass is 10.2. The Balaban J connectivity index is 2.42. The van der Waals surface area contributed by atoms with Gasteiger partial charge in [0.1, 0.15) is 11.6 Å². The van der Waals surface area contributed by atoms with Gasteiger partial charge in [-0.15, -0.1) is 0 Å². The highest BCUT2D eigenvalue weighted by molar-refractivity contribution is 7.80. The number of hydrogen-bond donors (Lipinski definition) is 2.